The van der Waals surface area contributed by atoms with Crippen LogP contribution in [0, 0.1) is 6.92 Å². The second-order valence-electron chi connectivity index (χ2n) is 2.96. The summed E-state index contributed by atoms with van der Waals surface area (Å²) in [5, 5.41) is 9.49. The summed E-state index contributed by atoms with van der Waals surface area (Å²) >= 11 is 0. The van der Waals surface area contributed by atoms with Crippen LogP contribution in [0.4, 0.5) is 0 Å². The lowest BCUT2D eigenvalue weighted by molar-refractivity contribution is -0.116. The zero-order valence-electron chi connectivity index (χ0n) is 7.29. The average molecular weight is 164 g/mol. The van der Waals surface area contributed by atoms with Gasteiger partial charge in [-0.05, 0) is 19.4 Å². The third-order valence-electron chi connectivity index (χ3n) is 1.76. The summed E-state index contributed by atoms with van der Waals surface area (Å²) in [6.07, 6.45) is 0.313. The molecule has 0 aliphatic carbocycles. The number of rotatable bonds is 2. The van der Waals surface area contributed by atoms with Crippen LogP contribution in [-0.2, 0) is 11.2 Å². The van der Waals surface area contributed by atoms with E-state index < -0.39 is 0 Å². The molecule has 0 aromatic heterocycles. The van der Waals surface area contributed by atoms with Crippen molar-refractivity contribution in [2.45, 2.75) is 20.3 Å². The maximum absolute atomic E-state index is 10.8. The van der Waals surface area contributed by atoms with Gasteiger partial charge in [0.25, 0.3) is 0 Å². The largest absolute Gasteiger partial charge is 0.507 e. The number of hydrogen-bond acceptors (Lipinski definition) is 2. The standard InChI is InChI=1S/C10H12O2/c1-7-4-3-5-9(10(7)12)6-8(2)11/h3-5,12H,6H2,1-2H3. The van der Waals surface area contributed by atoms with Crippen LogP contribution in [0.15, 0.2) is 18.2 Å². The summed E-state index contributed by atoms with van der Waals surface area (Å²) in [7, 11) is 0. The number of Topliss-reactive ketones (excluding diaryl/α,β-unsaturated/α-hetero) is 1. The number of phenols is 1. The SMILES string of the molecule is CC(=O)Cc1cccc(C)c1O. The van der Waals surface area contributed by atoms with Gasteiger partial charge in [0.1, 0.15) is 11.5 Å². The summed E-state index contributed by atoms with van der Waals surface area (Å²) in [6.45, 7) is 3.33. The predicted octanol–water partition coefficient (Wildman–Crippen LogP) is 1.83. The van der Waals surface area contributed by atoms with Crippen molar-refractivity contribution in [1.29, 1.82) is 0 Å². The first-order valence-electron chi connectivity index (χ1n) is 3.88. The van der Waals surface area contributed by atoms with Crippen LogP contribution >= 0.6 is 0 Å². The quantitative estimate of drug-likeness (QED) is 0.724. The lowest BCUT2D eigenvalue weighted by Crippen LogP contribution is -1.96. The third kappa shape index (κ3) is 1.84. The van der Waals surface area contributed by atoms with Crippen LogP contribution < -0.4 is 0 Å². The fourth-order valence-electron chi connectivity index (χ4n) is 1.13. The molecule has 1 aromatic carbocycles. The van der Waals surface area contributed by atoms with E-state index >= 15 is 0 Å². The summed E-state index contributed by atoms with van der Waals surface area (Å²) in [5.41, 5.74) is 1.52. The molecule has 0 radical (unpaired) electrons. The highest BCUT2D eigenvalue weighted by atomic mass is 16.3. The zero-order chi connectivity index (χ0) is 9.14. The first-order valence-corrected chi connectivity index (χ1v) is 3.88. The third-order valence-corrected chi connectivity index (χ3v) is 1.76. The van der Waals surface area contributed by atoms with Gasteiger partial charge in [-0.2, -0.15) is 0 Å². The van der Waals surface area contributed by atoms with E-state index in [0.29, 0.717) is 12.0 Å². The number of phenolic OH excluding ortho intramolecular Hbond substituents is 1. The Morgan fingerprint density at radius 2 is 2.17 bits per heavy atom. The van der Waals surface area contributed by atoms with E-state index in [1.165, 1.54) is 6.92 Å². The second kappa shape index (κ2) is 3.39. The Balaban J connectivity index is 3.00. The Bertz CT molecular complexity index is 303. The lowest BCUT2D eigenvalue weighted by Gasteiger charge is -2.03. The van der Waals surface area contributed by atoms with Gasteiger partial charge in [-0.1, -0.05) is 18.2 Å². The summed E-state index contributed by atoms with van der Waals surface area (Å²) in [6, 6.07) is 5.43. The minimum Gasteiger partial charge on any atom is -0.507 e. The highest BCUT2D eigenvalue weighted by Crippen LogP contribution is 2.21. The van der Waals surface area contributed by atoms with Crippen molar-refractivity contribution in [3.8, 4) is 5.75 Å². The van der Waals surface area contributed by atoms with Gasteiger partial charge in [-0.3, -0.25) is 4.79 Å². The van der Waals surface area contributed by atoms with Gasteiger partial charge in [0, 0.05) is 12.0 Å². The Kier molecular flexibility index (Phi) is 2.48. The molecule has 2 nitrogen and oxygen atoms in total. The van der Waals surface area contributed by atoms with E-state index in [1.54, 1.807) is 6.07 Å². The van der Waals surface area contributed by atoms with Crippen molar-refractivity contribution in [3.63, 3.8) is 0 Å². The van der Waals surface area contributed by atoms with Gasteiger partial charge in [0.2, 0.25) is 0 Å². The fourth-order valence-corrected chi connectivity index (χ4v) is 1.13. The molecule has 0 aliphatic rings. The van der Waals surface area contributed by atoms with Crippen molar-refractivity contribution in [1.82, 2.24) is 0 Å². The summed E-state index contributed by atoms with van der Waals surface area (Å²) < 4.78 is 0. The molecule has 12 heavy (non-hydrogen) atoms. The van der Waals surface area contributed by atoms with Gasteiger partial charge in [-0.15, -0.1) is 0 Å². The molecule has 64 valence electrons. The van der Waals surface area contributed by atoms with Crippen LogP contribution in [0.1, 0.15) is 18.1 Å². The van der Waals surface area contributed by atoms with Gasteiger partial charge in [0.15, 0.2) is 0 Å². The maximum atomic E-state index is 10.8. The highest BCUT2D eigenvalue weighted by molar-refractivity contribution is 5.79. The highest BCUT2D eigenvalue weighted by Gasteiger charge is 2.04. The number of ketones is 1. The number of para-hydroxylation sites is 1. The Morgan fingerprint density at radius 3 is 2.75 bits per heavy atom. The molecule has 1 rings (SSSR count). The Morgan fingerprint density at radius 1 is 1.50 bits per heavy atom. The van der Waals surface area contributed by atoms with E-state index in [1.807, 2.05) is 19.1 Å². The van der Waals surface area contributed by atoms with Gasteiger partial charge >= 0.3 is 0 Å². The first kappa shape index (κ1) is 8.78. The Hall–Kier alpha value is -1.31. The van der Waals surface area contributed by atoms with Crippen LogP contribution in [0.3, 0.4) is 0 Å². The van der Waals surface area contributed by atoms with Gasteiger partial charge in [0.05, 0.1) is 0 Å². The molecule has 0 unspecified atom stereocenters. The average Bonchev–Trinajstić information content (AvgIpc) is 1.98. The molecule has 2 heteroatoms. The molecular formula is C10H12O2. The monoisotopic (exact) mass is 164 g/mol. The van der Waals surface area contributed by atoms with Crippen LogP contribution in [0.2, 0.25) is 0 Å². The summed E-state index contributed by atoms with van der Waals surface area (Å²) in [5.74, 6) is 0.309. The molecule has 0 spiro atoms. The van der Waals surface area contributed by atoms with E-state index in [2.05, 4.69) is 0 Å². The first-order chi connectivity index (χ1) is 5.61. The van der Waals surface area contributed by atoms with Crippen molar-refractivity contribution >= 4 is 5.78 Å². The normalized spacial score (nSPS) is 9.83. The molecular weight excluding hydrogens is 152 g/mol. The van der Waals surface area contributed by atoms with Crippen molar-refractivity contribution in [2.24, 2.45) is 0 Å². The van der Waals surface area contributed by atoms with Gasteiger partial charge < -0.3 is 5.11 Å². The molecule has 0 aliphatic heterocycles. The minimum atomic E-state index is 0.0656. The minimum absolute atomic E-state index is 0.0656. The smallest absolute Gasteiger partial charge is 0.134 e. The molecule has 0 heterocycles. The molecule has 0 saturated heterocycles. The van der Waals surface area contributed by atoms with Crippen LogP contribution in [-0.4, -0.2) is 10.9 Å². The van der Waals surface area contributed by atoms with Crippen LogP contribution in [0.5, 0.6) is 5.75 Å². The molecule has 0 saturated carbocycles. The van der Waals surface area contributed by atoms with Gasteiger partial charge in [-0.25, -0.2) is 0 Å². The topological polar surface area (TPSA) is 37.3 Å². The number of hydrogen-bond donors (Lipinski definition) is 1. The number of carbonyl (C=O) groups excluding carboxylic acids is 1. The van der Waals surface area contributed by atoms with E-state index in [-0.39, 0.29) is 11.5 Å². The van der Waals surface area contributed by atoms with E-state index in [4.69, 9.17) is 0 Å². The molecule has 0 bridgehead atoms. The molecule has 0 atom stereocenters. The number of aromatic hydroxyl groups is 1. The fraction of sp³-hybridized carbons (Fsp3) is 0.300. The number of aryl methyl sites for hydroxylation is 1. The Labute approximate surface area is 71.8 Å². The lowest BCUT2D eigenvalue weighted by atomic mass is 10.1. The predicted molar refractivity (Wildman–Crippen MR) is 47.2 cm³/mol. The maximum Gasteiger partial charge on any atom is 0.134 e. The molecule has 0 amide bonds. The molecule has 0 fully saturated rings. The molecule has 1 aromatic rings. The number of benzene rings is 1. The van der Waals surface area contributed by atoms with Crippen molar-refractivity contribution in [3.05, 3.63) is 29.3 Å². The van der Waals surface area contributed by atoms with Crippen molar-refractivity contribution in [2.75, 3.05) is 0 Å². The zero-order valence-corrected chi connectivity index (χ0v) is 7.29. The molecule has 1 N–H and O–H groups in total. The second-order valence-corrected chi connectivity index (χ2v) is 2.96. The van der Waals surface area contributed by atoms with E-state index in [9.17, 15) is 9.90 Å². The van der Waals surface area contributed by atoms with Crippen LogP contribution in [0.25, 0.3) is 0 Å². The van der Waals surface area contributed by atoms with E-state index in [0.717, 1.165) is 5.56 Å². The number of carbonyl (C=O) groups is 1. The summed E-state index contributed by atoms with van der Waals surface area (Å²) in [4.78, 5) is 10.8. The van der Waals surface area contributed by atoms with Crippen molar-refractivity contribution < 1.29 is 9.90 Å².